The predicted octanol–water partition coefficient (Wildman–Crippen LogP) is 2.43. The zero-order valence-electron chi connectivity index (χ0n) is 19.3. The van der Waals surface area contributed by atoms with Gasteiger partial charge in [-0.15, -0.1) is 0 Å². The number of benzene rings is 1. The van der Waals surface area contributed by atoms with E-state index >= 15 is 0 Å². The van der Waals surface area contributed by atoms with Crippen LogP contribution in [0.25, 0.3) is 0 Å². The van der Waals surface area contributed by atoms with E-state index in [0.717, 1.165) is 12.1 Å². The standard InChI is InChI=1S/C24H23F3N4O5/c1-12-7-24(36-29-12)5-4-15(8-25)30-11-18(24)31-10-16(20(32)21(33)19(31)23(30)35)22(34)28-9-13-2-3-14(26)6-17(13)27/h2-3,6,10,15,18,33H,4-5,7-9,11H2,1H3,(H,28,34)/t15-,18?,24+/m1/s1. The number of aromatic hydroxyl groups is 1. The molecule has 2 aromatic rings. The Morgan fingerprint density at radius 3 is 2.78 bits per heavy atom. The molecule has 1 aromatic heterocycles. The van der Waals surface area contributed by atoms with Crippen LogP contribution in [0.3, 0.4) is 0 Å². The van der Waals surface area contributed by atoms with Crippen LogP contribution < -0.4 is 10.7 Å². The lowest BCUT2D eigenvalue weighted by Crippen LogP contribution is -2.53. The van der Waals surface area contributed by atoms with Gasteiger partial charge in [-0.2, -0.15) is 0 Å². The molecular weight excluding hydrogens is 481 g/mol. The van der Waals surface area contributed by atoms with E-state index < -0.39 is 64.5 Å². The van der Waals surface area contributed by atoms with Crippen LogP contribution in [0, 0.1) is 11.6 Å². The van der Waals surface area contributed by atoms with Gasteiger partial charge in [0.15, 0.2) is 17.0 Å². The fourth-order valence-corrected chi connectivity index (χ4v) is 5.28. The maximum absolute atomic E-state index is 14.0. The summed E-state index contributed by atoms with van der Waals surface area (Å²) in [5, 5.41) is 17.2. The first-order valence-electron chi connectivity index (χ1n) is 11.4. The van der Waals surface area contributed by atoms with Crippen LogP contribution in [0.1, 0.15) is 58.6 Å². The molecule has 1 spiro atoms. The molecule has 9 nitrogen and oxygen atoms in total. The van der Waals surface area contributed by atoms with E-state index in [4.69, 9.17) is 4.84 Å². The average Bonchev–Trinajstić information content (AvgIpc) is 3.16. The van der Waals surface area contributed by atoms with Gasteiger partial charge < -0.3 is 24.7 Å². The highest BCUT2D eigenvalue weighted by Crippen LogP contribution is 2.46. The van der Waals surface area contributed by atoms with Gasteiger partial charge in [0.05, 0.1) is 17.8 Å². The lowest BCUT2D eigenvalue weighted by atomic mass is 9.84. The molecule has 2 amide bonds. The Hall–Kier alpha value is -3.83. The number of oxime groups is 1. The highest BCUT2D eigenvalue weighted by molar-refractivity contribution is 5.99. The van der Waals surface area contributed by atoms with E-state index in [1.165, 1.54) is 15.7 Å². The predicted molar refractivity (Wildman–Crippen MR) is 121 cm³/mol. The quantitative estimate of drug-likeness (QED) is 0.664. The molecule has 0 saturated carbocycles. The summed E-state index contributed by atoms with van der Waals surface area (Å²) in [6, 6.07) is 1.42. The van der Waals surface area contributed by atoms with Crippen LogP contribution in [0.15, 0.2) is 34.3 Å². The van der Waals surface area contributed by atoms with Crippen molar-refractivity contribution in [3.05, 3.63) is 63.1 Å². The maximum Gasteiger partial charge on any atom is 0.274 e. The van der Waals surface area contributed by atoms with Crippen molar-refractivity contribution in [1.82, 2.24) is 14.8 Å². The number of aromatic nitrogens is 1. The van der Waals surface area contributed by atoms with Gasteiger partial charge in [0.25, 0.3) is 11.8 Å². The van der Waals surface area contributed by atoms with Gasteiger partial charge in [0, 0.05) is 37.3 Å². The molecule has 3 aliphatic heterocycles. The van der Waals surface area contributed by atoms with Crippen LogP contribution in [-0.4, -0.2) is 57.0 Å². The van der Waals surface area contributed by atoms with Crippen LogP contribution in [0.4, 0.5) is 13.2 Å². The van der Waals surface area contributed by atoms with Crippen molar-refractivity contribution in [3.63, 3.8) is 0 Å². The molecule has 5 rings (SSSR count). The second-order valence-electron chi connectivity index (χ2n) is 9.37. The van der Waals surface area contributed by atoms with Crippen LogP contribution in [0.2, 0.25) is 0 Å². The third kappa shape index (κ3) is 3.71. The summed E-state index contributed by atoms with van der Waals surface area (Å²) in [4.78, 5) is 46.2. The Balaban J connectivity index is 1.55. The summed E-state index contributed by atoms with van der Waals surface area (Å²) in [5.74, 6) is -4.24. The molecule has 3 aliphatic rings. The highest BCUT2D eigenvalue weighted by atomic mass is 19.1. The van der Waals surface area contributed by atoms with Gasteiger partial charge in [-0.05, 0) is 25.8 Å². The third-order valence-corrected chi connectivity index (χ3v) is 7.14. The van der Waals surface area contributed by atoms with E-state index in [1.54, 1.807) is 6.92 Å². The first kappa shape index (κ1) is 23.9. The van der Waals surface area contributed by atoms with E-state index in [-0.39, 0.29) is 30.8 Å². The summed E-state index contributed by atoms with van der Waals surface area (Å²) in [6.45, 7) is 0.657. The number of halogens is 3. The third-order valence-electron chi connectivity index (χ3n) is 7.14. The Morgan fingerprint density at radius 2 is 2.11 bits per heavy atom. The number of alkyl halides is 1. The Bertz CT molecular complexity index is 1360. The number of hydrogen-bond donors (Lipinski definition) is 2. The summed E-state index contributed by atoms with van der Waals surface area (Å²) in [6.07, 6.45) is 2.20. The van der Waals surface area contributed by atoms with Gasteiger partial charge in [-0.1, -0.05) is 11.2 Å². The molecule has 2 N–H and O–H groups in total. The smallest absolute Gasteiger partial charge is 0.274 e. The zero-order valence-corrected chi connectivity index (χ0v) is 19.3. The van der Waals surface area contributed by atoms with Gasteiger partial charge in [0.2, 0.25) is 5.43 Å². The summed E-state index contributed by atoms with van der Waals surface area (Å²) in [7, 11) is 0. The van der Waals surface area contributed by atoms with Crippen molar-refractivity contribution in [2.24, 2.45) is 5.16 Å². The fraction of sp³-hybridized carbons (Fsp3) is 0.417. The highest BCUT2D eigenvalue weighted by Gasteiger charge is 2.54. The molecule has 36 heavy (non-hydrogen) atoms. The number of rotatable bonds is 4. The first-order valence-corrected chi connectivity index (χ1v) is 11.4. The van der Waals surface area contributed by atoms with Gasteiger partial charge in [0.1, 0.15) is 23.9 Å². The van der Waals surface area contributed by atoms with Crippen molar-refractivity contribution in [1.29, 1.82) is 0 Å². The first-order chi connectivity index (χ1) is 17.1. The molecule has 1 unspecified atom stereocenters. The van der Waals surface area contributed by atoms with Gasteiger partial charge in [-0.25, -0.2) is 13.2 Å². The van der Waals surface area contributed by atoms with E-state index in [9.17, 15) is 32.7 Å². The monoisotopic (exact) mass is 504 g/mol. The van der Waals surface area contributed by atoms with Crippen molar-refractivity contribution < 1.29 is 32.7 Å². The summed E-state index contributed by atoms with van der Waals surface area (Å²) < 4.78 is 42.3. The topological polar surface area (TPSA) is 113 Å². The number of pyridine rings is 1. The molecule has 0 radical (unpaired) electrons. The summed E-state index contributed by atoms with van der Waals surface area (Å²) in [5.41, 5.74) is -2.21. The van der Waals surface area contributed by atoms with Crippen LogP contribution in [-0.2, 0) is 11.4 Å². The van der Waals surface area contributed by atoms with Gasteiger partial charge >= 0.3 is 0 Å². The molecule has 1 aromatic carbocycles. The second-order valence-corrected chi connectivity index (χ2v) is 9.37. The molecule has 1 saturated heterocycles. The van der Waals surface area contributed by atoms with Crippen LogP contribution >= 0.6 is 0 Å². The molecule has 1 fully saturated rings. The average molecular weight is 504 g/mol. The van der Waals surface area contributed by atoms with Crippen molar-refractivity contribution >= 4 is 17.5 Å². The Labute approximate surface area is 203 Å². The molecule has 190 valence electrons. The minimum absolute atomic E-state index is 0.00943. The lowest BCUT2D eigenvalue weighted by Gasteiger charge is -2.42. The van der Waals surface area contributed by atoms with E-state index in [2.05, 4.69) is 10.5 Å². The molecule has 12 heteroatoms. The number of nitrogens with one attached hydrogen (secondary N) is 1. The molecule has 3 atom stereocenters. The Morgan fingerprint density at radius 1 is 1.33 bits per heavy atom. The molecule has 2 bridgehead atoms. The van der Waals surface area contributed by atoms with Crippen LogP contribution in [0.5, 0.6) is 5.75 Å². The number of carbonyl (C=O) groups is 2. The number of carbonyl (C=O) groups excluding carboxylic acids is 2. The molecule has 0 aliphatic carbocycles. The van der Waals surface area contributed by atoms with Gasteiger partial charge in [-0.3, -0.25) is 14.4 Å². The SMILES string of the molecule is CC1=NO[C@@]2(CC[C@H](CF)N3CC2n2cc(C(=O)NCc4ccc(F)cc4F)c(=O)c(O)c2C3=O)C1. The number of nitrogens with zero attached hydrogens (tertiary/aromatic N) is 3. The maximum atomic E-state index is 14.0. The fourth-order valence-electron chi connectivity index (χ4n) is 5.28. The number of fused-ring (bicyclic) bond motifs is 5. The van der Waals surface area contributed by atoms with E-state index in [1.807, 2.05) is 0 Å². The zero-order chi connectivity index (χ0) is 25.8. The van der Waals surface area contributed by atoms with Crippen molar-refractivity contribution in [3.8, 4) is 5.75 Å². The van der Waals surface area contributed by atoms with E-state index in [0.29, 0.717) is 24.6 Å². The lowest BCUT2D eigenvalue weighted by molar-refractivity contribution is -0.0655. The molecular formula is C24H23F3N4O5. The summed E-state index contributed by atoms with van der Waals surface area (Å²) >= 11 is 0. The molecule has 4 heterocycles. The normalized spacial score (nSPS) is 24.7. The van der Waals surface area contributed by atoms with Crippen molar-refractivity contribution in [2.45, 2.75) is 50.4 Å². The van der Waals surface area contributed by atoms with Crippen molar-refractivity contribution in [2.75, 3.05) is 13.2 Å². The minimum atomic E-state index is -1.10. The Kier molecular flexibility index (Phi) is 5.76. The number of hydrogen-bond acceptors (Lipinski definition) is 6. The minimum Gasteiger partial charge on any atom is -0.503 e. The number of amides is 2. The largest absolute Gasteiger partial charge is 0.503 e. The second kappa shape index (κ2) is 8.68.